The number of imidazole rings is 1. The lowest BCUT2D eigenvalue weighted by Crippen LogP contribution is -2.23. The molecular formula is C21H19ClN6O. The van der Waals surface area contributed by atoms with Gasteiger partial charge in [0.25, 0.3) is 0 Å². The van der Waals surface area contributed by atoms with E-state index < -0.39 is 0 Å². The van der Waals surface area contributed by atoms with Crippen LogP contribution in [0.1, 0.15) is 30.3 Å². The van der Waals surface area contributed by atoms with E-state index in [1.54, 1.807) is 18.7 Å². The maximum atomic E-state index is 6.00. The fourth-order valence-electron chi connectivity index (χ4n) is 3.67. The van der Waals surface area contributed by atoms with Crippen LogP contribution in [0.4, 0.5) is 0 Å². The summed E-state index contributed by atoms with van der Waals surface area (Å²) in [6, 6.07) is 12.0. The molecule has 0 aliphatic carbocycles. The highest BCUT2D eigenvalue weighted by molar-refractivity contribution is 6.30. The van der Waals surface area contributed by atoms with Gasteiger partial charge in [-0.05, 0) is 49.2 Å². The molecular weight excluding hydrogens is 388 g/mol. The second kappa shape index (κ2) is 7.77. The molecule has 0 spiro atoms. The molecule has 1 fully saturated rings. The Morgan fingerprint density at radius 3 is 2.79 bits per heavy atom. The molecule has 4 aromatic rings. The highest BCUT2D eigenvalue weighted by atomic mass is 35.5. The minimum atomic E-state index is 0.130. The summed E-state index contributed by atoms with van der Waals surface area (Å²) in [7, 11) is 0. The Bertz CT molecular complexity index is 1080. The molecule has 4 heterocycles. The third kappa shape index (κ3) is 3.79. The van der Waals surface area contributed by atoms with Crippen molar-refractivity contribution < 1.29 is 4.52 Å². The Balaban J connectivity index is 1.33. The first-order chi connectivity index (χ1) is 14.3. The average Bonchev–Trinajstić information content (AvgIpc) is 3.51. The standard InChI is InChI=1S/C21H19ClN6O/c22-17-6-3-15(4-7-17)13-27-10-1-2-18(27)21-25-20(26-29-21)16-5-8-19(24-12-16)28-11-9-23-14-28/h3-9,11-12,14,18H,1-2,10,13H2/t18-/m0/s1. The molecule has 1 saturated heterocycles. The first-order valence-corrected chi connectivity index (χ1v) is 9.91. The summed E-state index contributed by atoms with van der Waals surface area (Å²) >= 11 is 6.00. The lowest BCUT2D eigenvalue weighted by Gasteiger charge is -2.21. The highest BCUT2D eigenvalue weighted by Crippen LogP contribution is 2.33. The monoisotopic (exact) mass is 406 g/mol. The predicted molar refractivity (Wildman–Crippen MR) is 108 cm³/mol. The lowest BCUT2D eigenvalue weighted by molar-refractivity contribution is 0.201. The van der Waals surface area contributed by atoms with E-state index in [-0.39, 0.29) is 6.04 Å². The Hall–Kier alpha value is -3.03. The van der Waals surface area contributed by atoms with E-state index in [1.807, 2.05) is 35.0 Å². The van der Waals surface area contributed by atoms with Crippen LogP contribution in [0.15, 0.2) is 65.8 Å². The highest BCUT2D eigenvalue weighted by Gasteiger charge is 2.30. The van der Waals surface area contributed by atoms with Crippen molar-refractivity contribution in [3.8, 4) is 17.2 Å². The van der Waals surface area contributed by atoms with Crippen molar-refractivity contribution in [1.29, 1.82) is 0 Å². The maximum absolute atomic E-state index is 6.00. The van der Waals surface area contributed by atoms with Crippen molar-refractivity contribution in [3.05, 3.63) is 77.8 Å². The van der Waals surface area contributed by atoms with E-state index in [0.29, 0.717) is 11.7 Å². The number of hydrogen-bond acceptors (Lipinski definition) is 6. The van der Waals surface area contributed by atoms with Crippen molar-refractivity contribution in [3.63, 3.8) is 0 Å². The van der Waals surface area contributed by atoms with Gasteiger partial charge in [0.2, 0.25) is 11.7 Å². The molecule has 0 amide bonds. The van der Waals surface area contributed by atoms with Crippen molar-refractivity contribution in [2.45, 2.75) is 25.4 Å². The number of pyridine rings is 1. The molecule has 1 aromatic carbocycles. The molecule has 1 aliphatic heterocycles. The SMILES string of the molecule is Clc1ccc(CN2CCC[C@H]2c2nc(-c3ccc(-n4ccnc4)nc3)no2)cc1. The van der Waals surface area contributed by atoms with Gasteiger partial charge in [0, 0.05) is 35.7 Å². The van der Waals surface area contributed by atoms with E-state index in [1.165, 1.54) is 5.56 Å². The van der Waals surface area contributed by atoms with E-state index >= 15 is 0 Å². The van der Waals surface area contributed by atoms with Gasteiger partial charge in [-0.1, -0.05) is 28.9 Å². The molecule has 0 N–H and O–H groups in total. The van der Waals surface area contributed by atoms with Crippen LogP contribution >= 0.6 is 11.6 Å². The fourth-order valence-corrected chi connectivity index (χ4v) is 3.80. The van der Waals surface area contributed by atoms with Gasteiger partial charge in [0.15, 0.2) is 0 Å². The molecule has 0 radical (unpaired) electrons. The van der Waals surface area contributed by atoms with Crippen molar-refractivity contribution in [2.24, 2.45) is 0 Å². The predicted octanol–water partition coefficient (Wildman–Crippen LogP) is 4.31. The van der Waals surface area contributed by atoms with Crippen molar-refractivity contribution >= 4 is 11.6 Å². The Labute approximate surface area is 173 Å². The molecule has 3 aromatic heterocycles. The summed E-state index contributed by atoms with van der Waals surface area (Å²) in [4.78, 5) is 15.5. The third-order valence-corrected chi connectivity index (χ3v) is 5.42. The van der Waals surface area contributed by atoms with Gasteiger partial charge in [-0.2, -0.15) is 4.98 Å². The van der Waals surface area contributed by atoms with Crippen LogP contribution in [0.3, 0.4) is 0 Å². The second-order valence-electron chi connectivity index (χ2n) is 7.09. The molecule has 0 unspecified atom stereocenters. The van der Waals surface area contributed by atoms with E-state index in [2.05, 4.69) is 37.1 Å². The minimum Gasteiger partial charge on any atom is -0.337 e. The molecule has 29 heavy (non-hydrogen) atoms. The topological polar surface area (TPSA) is 72.9 Å². The summed E-state index contributed by atoms with van der Waals surface area (Å²) < 4.78 is 7.47. The molecule has 8 heteroatoms. The van der Waals surface area contributed by atoms with Crippen LogP contribution in [-0.2, 0) is 6.54 Å². The normalized spacial score (nSPS) is 17.1. The lowest BCUT2D eigenvalue weighted by atomic mass is 10.2. The number of hydrogen-bond donors (Lipinski definition) is 0. The van der Waals surface area contributed by atoms with Crippen molar-refractivity contribution in [2.75, 3.05) is 6.54 Å². The van der Waals surface area contributed by atoms with Crippen LogP contribution < -0.4 is 0 Å². The van der Waals surface area contributed by atoms with Crippen LogP contribution in [0.25, 0.3) is 17.2 Å². The van der Waals surface area contributed by atoms with E-state index in [0.717, 1.165) is 42.3 Å². The summed E-state index contributed by atoms with van der Waals surface area (Å²) in [5.74, 6) is 2.01. The van der Waals surface area contributed by atoms with Gasteiger partial charge in [-0.15, -0.1) is 0 Å². The summed E-state index contributed by atoms with van der Waals surface area (Å²) in [6.07, 6.45) is 9.15. The van der Waals surface area contributed by atoms with Gasteiger partial charge in [0.1, 0.15) is 12.1 Å². The molecule has 146 valence electrons. The second-order valence-corrected chi connectivity index (χ2v) is 7.52. The number of likely N-dealkylation sites (tertiary alicyclic amines) is 1. The van der Waals surface area contributed by atoms with Gasteiger partial charge in [-0.3, -0.25) is 9.47 Å². The van der Waals surface area contributed by atoms with Crippen LogP contribution in [0.2, 0.25) is 5.02 Å². The smallest absolute Gasteiger partial charge is 0.244 e. The zero-order valence-corrected chi connectivity index (χ0v) is 16.4. The van der Waals surface area contributed by atoms with Crippen molar-refractivity contribution in [1.82, 2.24) is 29.6 Å². The van der Waals surface area contributed by atoms with Crippen LogP contribution in [-0.4, -0.2) is 36.1 Å². The van der Waals surface area contributed by atoms with E-state index in [4.69, 9.17) is 16.1 Å². The Morgan fingerprint density at radius 2 is 2.03 bits per heavy atom. The molecule has 1 atom stereocenters. The molecule has 0 saturated carbocycles. The van der Waals surface area contributed by atoms with E-state index in [9.17, 15) is 0 Å². The molecule has 7 nitrogen and oxygen atoms in total. The summed E-state index contributed by atoms with van der Waals surface area (Å²) in [6.45, 7) is 1.84. The van der Waals surface area contributed by atoms with Crippen LogP contribution in [0, 0.1) is 0 Å². The largest absolute Gasteiger partial charge is 0.337 e. The first-order valence-electron chi connectivity index (χ1n) is 9.53. The fraction of sp³-hybridized carbons (Fsp3) is 0.238. The summed E-state index contributed by atoms with van der Waals surface area (Å²) in [5.41, 5.74) is 2.05. The van der Waals surface area contributed by atoms with Crippen LogP contribution in [0.5, 0.6) is 0 Å². The Morgan fingerprint density at radius 1 is 1.14 bits per heavy atom. The Kier molecular flexibility index (Phi) is 4.83. The zero-order valence-electron chi connectivity index (χ0n) is 15.6. The number of aromatic nitrogens is 5. The minimum absolute atomic E-state index is 0.130. The molecule has 1 aliphatic rings. The number of rotatable bonds is 5. The summed E-state index contributed by atoms with van der Waals surface area (Å²) in [5, 5.41) is 4.94. The third-order valence-electron chi connectivity index (χ3n) is 5.16. The zero-order chi connectivity index (χ0) is 19.6. The van der Waals surface area contributed by atoms with Gasteiger partial charge >= 0.3 is 0 Å². The number of halogens is 1. The average molecular weight is 407 g/mol. The quantitative estimate of drug-likeness (QED) is 0.491. The number of nitrogens with zero attached hydrogens (tertiary/aromatic N) is 6. The van der Waals surface area contributed by atoms with Gasteiger partial charge < -0.3 is 4.52 Å². The van der Waals surface area contributed by atoms with Gasteiger partial charge in [-0.25, -0.2) is 9.97 Å². The maximum Gasteiger partial charge on any atom is 0.244 e. The molecule has 0 bridgehead atoms. The molecule has 5 rings (SSSR count). The van der Waals surface area contributed by atoms with Gasteiger partial charge in [0.05, 0.1) is 6.04 Å². The number of benzene rings is 1. The first kappa shape index (κ1) is 18.0.